The molecule has 0 amide bonds. The Bertz CT molecular complexity index is 340. The number of carboxylic acid groups (broad SMARTS) is 1. The molecular weight excluding hydrogens is 392 g/mol. The summed E-state index contributed by atoms with van der Waals surface area (Å²) in [5, 5.41) is 42.2. The normalized spacial score (nSPS) is 14.3. The summed E-state index contributed by atoms with van der Waals surface area (Å²) in [5.74, 6) is -0.450. The molecule has 0 saturated carbocycles. The molecule has 0 rings (SSSR count). The summed E-state index contributed by atoms with van der Waals surface area (Å²) in [6.07, 6.45) is 1.82. The third-order valence-electron chi connectivity index (χ3n) is 2.18. The van der Waals surface area contributed by atoms with E-state index in [0.29, 0.717) is 5.75 Å². The SMILES string of the molecule is CSCC(N)C(=O)O.O=[PH](O)O[PH](=O)O.OCC(CO)(CO)CO. The zero-order valence-electron chi connectivity index (χ0n) is 12.9. The Hall–Kier alpha value is -0.0400. The van der Waals surface area contributed by atoms with Crippen molar-refractivity contribution in [3.05, 3.63) is 0 Å². The molecule has 0 aromatic rings. The fourth-order valence-corrected chi connectivity index (χ4v) is 1.72. The molecule has 0 aliphatic heterocycles. The quantitative estimate of drug-likeness (QED) is 0.181. The number of carbonyl (C=O) groups is 1. The van der Waals surface area contributed by atoms with E-state index in [2.05, 4.69) is 4.31 Å². The maximum absolute atomic E-state index is 9.95. The minimum absolute atomic E-state index is 0.406. The van der Waals surface area contributed by atoms with Gasteiger partial charge in [-0.2, -0.15) is 11.8 Å². The molecule has 3 unspecified atom stereocenters. The Labute approximate surface area is 144 Å². The average Bonchev–Trinajstić information content (AvgIpc) is 2.50. The summed E-state index contributed by atoms with van der Waals surface area (Å²) in [6.45, 7) is -1.62. The van der Waals surface area contributed by atoms with Crippen LogP contribution in [0.15, 0.2) is 0 Å². The van der Waals surface area contributed by atoms with Crippen molar-refractivity contribution >= 4 is 34.2 Å². The van der Waals surface area contributed by atoms with E-state index in [0.717, 1.165) is 0 Å². The molecule has 3 atom stereocenters. The summed E-state index contributed by atoms with van der Waals surface area (Å²) >= 11 is 1.43. The third-order valence-corrected chi connectivity index (χ3v) is 4.27. The molecule has 12 nitrogen and oxygen atoms in total. The summed E-state index contributed by atoms with van der Waals surface area (Å²) < 4.78 is 22.3. The second-order valence-corrected chi connectivity index (χ2v) is 6.96. The van der Waals surface area contributed by atoms with Crippen molar-refractivity contribution in [1.82, 2.24) is 0 Å². The first-order chi connectivity index (χ1) is 11.0. The first-order valence-corrected chi connectivity index (χ1v) is 10.0. The first kappa shape index (κ1) is 28.8. The Balaban J connectivity index is -0.000000278. The van der Waals surface area contributed by atoms with Gasteiger partial charge in [0.1, 0.15) is 6.04 Å². The topological polar surface area (TPSA) is 228 Å². The second-order valence-electron chi connectivity index (χ2n) is 4.17. The van der Waals surface area contributed by atoms with Crippen LogP contribution in [0.1, 0.15) is 0 Å². The molecule has 0 bridgehead atoms. The van der Waals surface area contributed by atoms with Crippen LogP contribution in [0, 0.1) is 5.41 Å². The van der Waals surface area contributed by atoms with Crippen molar-refractivity contribution in [2.45, 2.75) is 6.04 Å². The van der Waals surface area contributed by atoms with Gasteiger partial charge in [-0.1, -0.05) is 0 Å². The Morgan fingerprint density at radius 3 is 1.46 bits per heavy atom. The van der Waals surface area contributed by atoms with Gasteiger partial charge in [0.2, 0.25) is 0 Å². The van der Waals surface area contributed by atoms with Crippen LogP contribution in [0.3, 0.4) is 0 Å². The van der Waals surface area contributed by atoms with E-state index in [4.69, 9.17) is 41.1 Å². The van der Waals surface area contributed by atoms with Gasteiger partial charge in [-0.25, -0.2) is 4.31 Å². The van der Waals surface area contributed by atoms with Crippen LogP contribution in [0.4, 0.5) is 0 Å². The molecule has 148 valence electrons. The smallest absolute Gasteiger partial charge is 0.323 e. The molecule has 0 aliphatic carbocycles. The largest absolute Gasteiger partial charge is 0.480 e. The van der Waals surface area contributed by atoms with E-state index >= 15 is 0 Å². The molecule has 0 heterocycles. The van der Waals surface area contributed by atoms with Gasteiger partial charge in [0.05, 0.1) is 31.8 Å². The molecule has 0 fully saturated rings. The highest BCUT2D eigenvalue weighted by atomic mass is 32.2. The predicted molar refractivity (Wildman–Crippen MR) is 88.3 cm³/mol. The monoisotopic (exact) mass is 417 g/mol. The van der Waals surface area contributed by atoms with Crippen LogP contribution in [-0.4, -0.2) is 85.8 Å². The van der Waals surface area contributed by atoms with Gasteiger partial charge in [-0.15, -0.1) is 0 Å². The minimum atomic E-state index is -3.20. The molecule has 0 saturated heterocycles. The number of rotatable bonds is 9. The lowest BCUT2D eigenvalue weighted by Crippen LogP contribution is -2.37. The maximum atomic E-state index is 9.95. The predicted octanol–water partition coefficient (Wildman–Crippen LogP) is -2.53. The highest BCUT2D eigenvalue weighted by Gasteiger charge is 2.26. The van der Waals surface area contributed by atoms with Gasteiger partial charge in [0.25, 0.3) is 0 Å². The molecular formula is C9H25NO11P2S. The highest BCUT2D eigenvalue weighted by Crippen LogP contribution is 2.30. The summed E-state index contributed by atoms with van der Waals surface area (Å²) in [7, 11) is -6.40. The van der Waals surface area contributed by atoms with Crippen molar-refractivity contribution in [2.75, 3.05) is 38.4 Å². The van der Waals surface area contributed by atoms with Crippen LogP contribution in [0.5, 0.6) is 0 Å². The van der Waals surface area contributed by atoms with Crippen molar-refractivity contribution in [1.29, 1.82) is 0 Å². The molecule has 24 heavy (non-hydrogen) atoms. The van der Waals surface area contributed by atoms with Crippen LogP contribution < -0.4 is 5.73 Å². The second kappa shape index (κ2) is 17.8. The van der Waals surface area contributed by atoms with Crippen molar-refractivity contribution < 1.29 is 53.6 Å². The Morgan fingerprint density at radius 1 is 1.08 bits per heavy atom. The molecule has 0 aliphatic rings. The fourth-order valence-electron chi connectivity index (χ4n) is 0.626. The Morgan fingerprint density at radius 2 is 1.42 bits per heavy atom. The van der Waals surface area contributed by atoms with E-state index in [1.54, 1.807) is 0 Å². The lowest BCUT2D eigenvalue weighted by Gasteiger charge is -2.23. The molecule has 0 aromatic heterocycles. The van der Waals surface area contributed by atoms with Gasteiger partial charge < -0.3 is 41.1 Å². The van der Waals surface area contributed by atoms with Gasteiger partial charge in [0, 0.05) is 5.75 Å². The number of aliphatic hydroxyl groups is 4. The maximum Gasteiger partial charge on any atom is 0.323 e. The standard InChI is InChI=1S/C5H12O4.C4H9NO2S.H4O5P2/c6-1-5(2-7,3-8)4-9;1-8-2-3(5)4(6)7;1-6(2)5-7(3)4/h6-9H,1-4H2;3H,2,5H2,1H3,(H,6,7);6-7H,(H,1,2)(H,3,4). The lowest BCUT2D eigenvalue weighted by molar-refractivity contribution is -0.137. The van der Waals surface area contributed by atoms with E-state index in [1.165, 1.54) is 11.8 Å². The first-order valence-electron chi connectivity index (χ1n) is 6.10. The lowest BCUT2D eigenvalue weighted by atomic mass is 9.93. The van der Waals surface area contributed by atoms with E-state index < -0.39 is 60.4 Å². The number of hydrogen-bond acceptors (Lipinski definition) is 10. The minimum Gasteiger partial charge on any atom is -0.480 e. The van der Waals surface area contributed by atoms with E-state index in [-0.39, 0.29) is 0 Å². The number of carboxylic acids is 1. The molecule has 0 radical (unpaired) electrons. The van der Waals surface area contributed by atoms with Crippen molar-refractivity contribution in [2.24, 2.45) is 11.1 Å². The number of aliphatic carboxylic acids is 1. The number of aliphatic hydroxyl groups excluding tert-OH is 4. The van der Waals surface area contributed by atoms with E-state index in [9.17, 15) is 13.9 Å². The number of hydrogen-bond donors (Lipinski definition) is 8. The molecule has 0 spiro atoms. The van der Waals surface area contributed by atoms with Crippen LogP contribution in [-0.2, 0) is 18.2 Å². The molecule has 9 N–H and O–H groups in total. The van der Waals surface area contributed by atoms with Crippen molar-refractivity contribution in [3.63, 3.8) is 0 Å². The molecule has 0 aromatic carbocycles. The number of thioether (sulfide) groups is 1. The van der Waals surface area contributed by atoms with Gasteiger partial charge in [-0.05, 0) is 6.26 Å². The zero-order chi connectivity index (χ0) is 19.8. The van der Waals surface area contributed by atoms with Gasteiger partial charge in [-0.3, -0.25) is 13.9 Å². The summed E-state index contributed by atoms with van der Waals surface area (Å²) in [4.78, 5) is 25.4. The van der Waals surface area contributed by atoms with E-state index in [1.807, 2.05) is 6.26 Å². The number of nitrogens with two attached hydrogens (primary N) is 1. The summed E-state index contributed by atoms with van der Waals surface area (Å²) in [5.41, 5.74) is 4.00. The highest BCUT2D eigenvalue weighted by molar-refractivity contribution is 7.98. The third kappa shape index (κ3) is 18.3. The van der Waals surface area contributed by atoms with Gasteiger partial charge >= 0.3 is 22.5 Å². The zero-order valence-corrected chi connectivity index (χ0v) is 15.7. The van der Waals surface area contributed by atoms with Crippen molar-refractivity contribution in [3.8, 4) is 0 Å². The van der Waals surface area contributed by atoms with Gasteiger partial charge in [0.15, 0.2) is 0 Å². The van der Waals surface area contributed by atoms with Crippen LogP contribution in [0.25, 0.3) is 0 Å². The average molecular weight is 417 g/mol. The summed E-state index contributed by atoms with van der Waals surface area (Å²) in [6, 6.07) is -0.704. The van der Waals surface area contributed by atoms with Crippen LogP contribution in [0.2, 0.25) is 0 Å². The fraction of sp³-hybridized carbons (Fsp3) is 0.889. The van der Waals surface area contributed by atoms with Crippen LogP contribution >= 0.6 is 28.3 Å². The Kier molecular flexibility index (Phi) is 21.3. The molecule has 15 heteroatoms.